The Hall–Kier alpha value is -0.880. The summed E-state index contributed by atoms with van der Waals surface area (Å²) in [5.74, 6) is 1.04. The summed E-state index contributed by atoms with van der Waals surface area (Å²) >= 11 is 5.48. The number of H-pyrrole nitrogens is 1. The van der Waals surface area contributed by atoms with Crippen LogP contribution in [0.4, 0.5) is 5.95 Å². The van der Waals surface area contributed by atoms with Crippen LogP contribution in [0, 0.1) is 4.77 Å². The molecule has 6 heteroatoms. The molecule has 0 bridgehead atoms. The fourth-order valence-electron chi connectivity index (χ4n) is 3.17. The number of aromatic amines is 1. The van der Waals surface area contributed by atoms with Crippen molar-refractivity contribution in [2.75, 3.05) is 38.6 Å². The zero-order chi connectivity index (χ0) is 15.2. The molecular formula is C15H29N5S. The Bertz CT molecular complexity index is 473. The summed E-state index contributed by atoms with van der Waals surface area (Å²) < 4.78 is 3.05. The average molecular weight is 311 g/mol. The standard InChI is InChI=1S/C15H29N5S/c1-4-19(12-8-11-18(2)3)14-16-17-15(21)20(14)13-9-6-5-7-10-13/h13H,4-12H2,1-3H3,(H,17,21). The molecule has 0 amide bonds. The molecule has 1 heterocycles. The third-order valence-corrected chi connectivity index (χ3v) is 4.61. The van der Waals surface area contributed by atoms with Gasteiger partial charge in [0.15, 0.2) is 4.77 Å². The number of rotatable bonds is 7. The fourth-order valence-corrected chi connectivity index (χ4v) is 3.44. The number of nitrogens with one attached hydrogen (secondary N) is 1. The van der Waals surface area contributed by atoms with E-state index < -0.39 is 0 Å². The molecule has 2 rings (SSSR count). The molecule has 21 heavy (non-hydrogen) atoms. The topological polar surface area (TPSA) is 40.1 Å². The summed E-state index contributed by atoms with van der Waals surface area (Å²) in [6.45, 7) is 5.30. The lowest BCUT2D eigenvalue weighted by Crippen LogP contribution is -2.30. The summed E-state index contributed by atoms with van der Waals surface area (Å²) in [5.41, 5.74) is 0. The summed E-state index contributed by atoms with van der Waals surface area (Å²) in [7, 11) is 4.24. The first-order chi connectivity index (χ1) is 10.1. The average Bonchev–Trinajstić information content (AvgIpc) is 2.86. The number of hydrogen-bond acceptors (Lipinski definition) is 4. The van der Waals surface area contributed by atoms with Gasteiger partial charge in [0.1, 0.15) is 0 Å². The SMILES string of the molecule is CCN(CCCN(C)C)c1n[nH]c(=S)n1C1CCCCC1. The summed E-state index contributed by atoms with van der Waals surface area (Å²) in [6, 6.07) is 0.530. The molecule has 1 saturated carbocycles. The van der Waals surface area contributed by atoms with Crippen molar-refractivity contribution in [1.82, 2.24) is 19.7 Å². The van der Waals surface area contributed by atoms with Crippen LogP contribution in [0.15, 0.2) is 0 Å². The molecule has 1 aromatic heterocycles. The van der Waals surface area contributed by atoms with Gasteiger partial charge < -0.3 is 9.80 Å². The lowest BCUT2D eigenvalue weighted by atomic mass is 9.95. The Morgan fingerprint density at radius 3 is 2.57 bits per heavy atom. The van der Waals surface area contributed by atoms with Gasteiger partial charge in [0, 0.05) is 19.1 Å². The van der Waals surface area contributed by atoms with Gasteiger partial charge in [0.25, 0.3) is 0 Å². The van der Waals surface area contributed by atoms with Crippen molar-refractivity contribution in [3.05, 3.63) is 4.77 Å². The zero-order valence-electron chi connectivity index (χ0n) is 13.6. The van der Waals surface area contributed by atoms with E-state index in [-0.39, 0.29) is 0 Å². The molecule has 0 spiro atoms. The molecule has 1 fully saturated rings. The summed E-state index contributed by atoms with van der Waals surface area (Å²) in [6.07, 6.45) is 7.59. The molecule has 5 nitrogen and oxygen atoms in total. The minimum atomic E-state index is 0.530. The van der Waals surface area contributed by atoms with Crippen LogP contribution < -0.4 is 4.90 Å². The second kappa shape index (κ2) is 7.94. The highest BCUT2D eigenvalue weighted by atomic mass is 32.1. The zero-order valence-corrected chi connectivity index (χ0v) is 14.5. The minimum Gasteiger partial charge on any atom is -0.341 e. The Labute approximate surface area is 133 Å². The van der Waals surface area contributed by atoms with Crippen LogP contribution in [0.25, 0.3) is 0 Å². The van der Waals surface area contributed by atoms with Crippen molar-refractivity contribution < 1.29 is 0 Å². The van der Waals surface area contributed by atoms with Crippen LogP contribution in [-0.2, 0) is 0 Å². The predicted molar refractivity (Wildman–Crippen MR) is 90.6 cm³/mol. The van der Waals surface area contributed by atoms with Gasteiger partial charge in [0.2, 0.25) is 5.95 Å². The molecule has 0 saturated heterocycles. The van der Waals surface area contributed by atoms with Gasteiger partial charge in [-0.1, -0.05) is 19.3 Å². The summed E-state index contributed by atoms with van der Waals surface area (Å²) in [5, 5.41) is 7.53. The van der Waals surface area contributed by atoms with Crippen LogP contribution in [0.5, 0.6) is 0 Å². The molecule has 1 aliphatic carbocycles. The largest absolute Gasteiger partial charge is 0.341 e. The lowest BCUT2D eigenvalue weighted by molar-refractivity contribution is 0.349. The van der Waals surface area contributed by atoms with Crippen LogP contribution >= 0.6 is 12.2 Å². The van der Waals surface area contributed by atoms with E-state index in [2.05, 4.69) is 45.6 Å². The second-order valence-electron chi connectivity index (χ2n) is 6.23. The highest BCUT2D eigenvalue weighted by Gasteiger charge is 2.22. The molecule has 0 unspecified atom stereocenters. The Kier molecular flexibility index (Phi) is 6.23. The van der Waals surface area contributed by atoms with E-state index in [4.69, 9.17) is 12.2 Å². The highest BCUT2D eigenvalue weighted by molar-refractivity contribution is 7.71. The molecule has 0 aliphatic heterocycles. The first-order valence-corrected chi connectivity index (χ1v) is 8.61. The van der Waals surface area contributed by atoms with Crippen molar-refractivity contribution in [3.8, 4) is 0 Å². The first kappa shape index (κ1) is 16.5. The third kappa shape index (κ3) is 4.30. The van der Waals surface area contributed by atoms with Crippen LogP contribution in [0.2, 0.25) is 0 Å². The maximum absolute atomic E-state index is 5.48. The third-order valence-electron chi connectivity index (χ3n) is 4.32. The molecular weight excluding hydrogens is 282 g/mol. The van der Waals surface area contributed by atoms with Crippen molar-refractivity contribution in [2.45, 2.75) is 51.5 Å². The Morgan fingerprint density at radius 1 is 1.24 bits per heavy atom. The molecule has 0 radical (unpaired) electrons. The van der Waals surface area contributed by atoms with Crippen molar-refractivity contribution >= 4 is 18.2 Å². The van der Waals surface area contributed by atoms with Crippen molar-refractivity contribution in [2.24, 2.45) is 0 Å². The van der Waals surface area contributed by atoms with Gasteiger partial charge >= 0.3 is 0 Å². The summed E-state index contributed by atoms with van der Waals surface area (Å²) in [4.78, 5) is 4.58. The van der Waals surface area contributed by atoms with E-state index in [1.54, 1.807) is 0 Å². The predicted octanol–water partition coefficient (Wildman–Crippen LogP) is 3.22. The van der Waals surface area contributed by atoms with Gasteiger partial charge in [-0.2, -0.15) is 0 Å². The van der Waals surface area contributed by atoms with Gasteiger partial charge in [-0.05, 0) is 59.0 Å². The first-order valence-electron chi connectivity index (χ1n) is 8.20. The van der Waals surface area contributed by atoms with Gasteiger partial charge in [-0.3, -0.25) is 4.57 Å². The molecule has 1 aliphatic rings. The monoisotopic (exact) mass is 311 g/mol. The molecule has 1 aromatic rings. The van der Waals surface area contributed by atoms with Gasteiger partial charge in [0.05, 0.1) is 0 Å². The van der Waals surface area contributed by atoms with E-state index in [0.717, 1.165) is 36.8 Å². The van der Waals surface area contributed by atoms with Crippen molar-refractivity contribution in [3.63, 3.8) is 0 Å². The minimum absolute atomic E-state index is 0.530. The van der Waals surface area contributed by atoms with E-state index >= 15 is 0 Å². The van der Waals surface area contributed by atoms with Crippen LogP contribution in [-0.4, -0.2) is 53.4 Å². The number of nitrogens with zero attached hydrogens (tertiary/aromatic N) is 4. The quantitative estimate of drug-likeness (QED) is 0.785. The maximum atomic E-state index is 5.48. The number of aromatic nitrogens is 3. The lowest BCUT2D eigenvalue weighted by Gasteiger charge is -2.28. The molecule has 0 aromatic carbocycles. The fraction of sp³-hybridized carbons (Fsp3) is 0.867. The van der Waals surface area contributed by atoms with Crippen LogP contribution in [0.1, 0.15) is 51.5 Å². The second-order valence-corrected chi connectivity index (χ2v) is 6.61. The normalized spacial score (nSPS) is 16.6. The Balaban J connectivity index is 2.11. The van der Waals surface area contributed by atoms with E-state index in [1.807, 2.05) is 0 Å². The molecule has 0 atom stereocenters. The number of anilines is 1. The van der Waals surface area contributed by atoms with E-state index in [9.17, 15) is 0 Å². The maximum Gasteiger partial charge on any atom is 0.225 e. The Morgan fingerprint density at radius 2 is 1.95 bits per heavy atom. The molecule has 120 valence electrons. The smallest absolute Gasteiger partial charge is 0.225 e. The van der Waals surface area contributed by atoms with Crippen LogP contribution in [0.3, 0.4) is 0 Å². The molecule has 1 N–H and O–H groups in total. The van der Waals surface area contributed by atoms with Gasteiger partial charge in [-0.15, -0.1) is 5.10 Å². The van der Waals surface area contributed by atoms with Crippen molar-refractivity contribution in [1.29, 1.82) is 0 Å². The highest BCUT2D eigenvalue weighted by Crippen LogP contribution is 2.31. The van der Waals surface area contributed by atoms with Gasteiger partial charge in [-0.25, -0.2) is 5.10 Å². The van der Waals surface area contributed by atoms with E-state index in [1.165, 1.54) is 32.1 Å². The van der Waals surface area contributed by atoms with E-state index in [0.29, 0.717) is 6.04 Å². The number of hydrogen-bond donors (Lipinski definition) is 1.